The minimum atomic E-state index is -0.345. The van der Waals surface area contributed by atoms with Gasteiger partial charge in [0.2, 0.25) is 5.12 Å². The predicted molar refractivity (Wildman–Crippen MR) is 78.6 cm³/mol. The summed E-state index contributed by atoms with van der Waals surface area (Å²) in [4.78, 5) is 24.7. The lowest BCUT2D eigenvalue weighted by atomic mass is 10.2. The van der Waals surface area contributed by atoms with Gasteiger partial charge in [0.15, 0.2) is 0 Å². The third kappa shape index (κ3) is 3.84. The fourth-order valence-electron chi connectivity index (χ4n) is 2.15. The van der Waals surface area contributed by atoms with Crippen molar-refractivity contribution in [3.8, 4) is 0 Å². The standard InChI is InChI=1S/C15H19NO3S/c1-3-19-14(17)12-8-9-13(16-12)15(18)20-11-6-4-10(2)5-7-11/h4-7,12-13,16H,3,8-9H2,1-2H3/t12-,13+/m0/s1. The Morgan fingerprint density at radius 1 is 1.25 bits per heavy atom. The Morgan fingerprint density at radius 2 is 1.90 bits per heavy atom. The number of carbonyl (C=O) groups excluding carboxylic acids is 2. The quantitative estimate of drug-likeness (QED) is 0.682. The van der Waals surface area contributed by atoms with E-state index in [2.05, 4.69) is 5.32 Å². The first kappa shape index (κ1) is 15.1. The van der Waals surface area contributed by atoms with E-state index in [1.165, 1.54) is 17.3 Å². The van der Waals surface area contributed by atoms with Crippen LogP contribution in [0.5, 0.6) is 0 Å². The zero-order chi connectivity index (χ0) is 14.5. The summed E-state index contributed by atoms with van der Waals surface area (Å²) in [5.41, 5.74) is 1.17. The van der Waals surface area contributed by atoms with Gasteiger partial charge in [-0.25, -0.2) is 0 Å². The molecule has 0 aliphatic carbocycles. The molecule has 1 N–H and O–H groups in total. The monoisotopic (exact) mass is 293 g/mol. The molecule has 108 valence electrons. The lowest BCUT2D eigenvalue weighted by Gasteiger charge is -2.12. The molecule has 1 aliphatic rings. The molecule has 0 radical (unpaired) electrons. The number of aryl methyl sites for hydroxylation is 1. The number of ether oxygens (including phenoxy) is 1. The van der Waals surface area contributed by atoms with E-state index in [0.29, 0.717) is 19.4 Å². The maximum absolute atomic E-state index is 12.2. The van der Waals surface area contributed by atoms with Gasteiger partial charge in [-0.3, -0.25) is 14.9 Å². The maximum atomic E-state index is 12.2. The van der Waals surface area contributed by atoms with Crippen molar-refractivity contribution in [2.45, 2.75) is 43.7 Å². The summed E-state index contributed by atoms with van der Waals surface area (Å²) in [5.74, 6) is -0.261. The first-order valence-corrected chi connectivity index (χ1v) is 7.63. The van der Waals surface area contributed by atoms with Crippen LogP contribution in [0.15, 0.2) is 29.2 Å². The molecule has 5 heteroatoms. The van der Waals surface area contributed by atoms with E-state index >= 15 is 0 Å². The maximum Gasteiger partial charge on any atom is 0.323 e. The van der Waals surface area contributed by atoms with E-state index in [1.807, 2.05) is 31.2 Å². The van der Waals surface area contributed by atoms with E-state index in [1.54, 1.807) is 6.92 Å². The van der Waals surface area contributed by atoms with Crippen LogP contribution in [-0.2, 0) is 14.3 Å². The van der Waals surface area contributed by atoms with Gasteiger partial charge in [0.1, 0.15) is 6.04 Å². The molecule has 0 aromatic heterocycles. The van der Waals surface area contributed by atoms with Crippen LogP contribution in [0.4, 0.5) is 0 Å². The van der Waals surface area contributed by atoms with Crippen molar-refractivity contribution >= 4 is 22.8 Å². The summed E-state index contributed by atoms with van der Waals surface area (Å²) in [6.45, 7) is 4.16. The lowest BCUT2D eigenvalue weighted by Crippen LogP contribution is -2.39. The SMILES string of the molecule is CCOC(=O)[C@@H]1CC[C@H](C(=O)Sc2ccc(C)cc2)N1. The number of benzene rings is 1. The minimum Gasteiger partial charge on any atom is -0.465 e. The molecule has 0 unspecified atom stereocenters. The second kappa shape index (κ2) is 6.90. The number of carbonyl (C=O) groups is 2. The highest BCUT2D eigenvalue weighted by molar-refractivity contribution is 8.13. The third-order valence-corrected chi connectivity index (χ3v) is 4.24. The molecular formula is C15H19NO3S. The van der Waals surface area contributed by atoms with Gasteiger partial charge in [-0.1, -0.05) is 29.5 Å². The average molecular weight is 293 g/mol. The van der Waals surface area contributed by atoms with Gasteiger partial charge in [0.25, 0.3) is 0 Å². The Balaban J connectivity index is 1.88. The molecule has 1 aromatic carbocycles. The molecule has 0 saturated carbocycles. The highest BCUT2D eigenvalue weighted by Crippen LogP contribution is 2.25. The molecule has 1 fully saturated rings. The summed E-state index contributed by atoms with van der Waals surface area (Å²) in [5, 5.41) is 3.12. The second-order valence-corrected chi connectivity index (χ2v) is 5.91. The molecule has 4 nitrogen and oxygen atoms in total. The highest BCUT2D eigenvalue weighted by Gasteiger charge is 2.34. The van der Waals surface area contributed by atoms with Crippen LogP contribution in [0.2, 0.25) is 0 Å². The molecule has 2 atom stereocenters. The topological polar surface area (TPSA) is 55.4 Å². The fourth-order valence-corrected chi connectivity index (χ4v) is 2.98. The summed E-state index contributed by atoms with van der Waals surface area (Å²) in [6, 6.07) is 7.24. The highest BCUT2D eigenvalue weighted by atomic mass is 32.2. The molecule has 0 spiro atoms. The van der Waals surface area contributed by atoms with Crippen LogP contribution in [0, 0.1) is 6.92 Å². The van der Waals surface area contributed by atoms with Crippen molar-refractivity contribution in [3.05, 3.63) is 29.8 Å². The lowest BCUT2D eigenvalue weighted by molar-refractivity contribution is -0.145. The zero-order valence-corrected chi connectivity index (χ0v) is 12.5. The predicted octanol–water partition coefficient (Wildman–Crippen LogP) is 2.30. The van der Waals surface area contributed by atoms with Crippen LogP contribution in [0.3, 0.4) is 0 Å². The molecule has 1 heterocycles. The van der Waals surface area contributed by atoms with Crippen molar-refractivity contribution in [2.75, 3.05) is 6.61 Å². The van der Waals surface area contributed by atoms with Crippen molar-refractivity contribution in [1.82, 2.24) is 5.32 Å². The Kier molecular flexibility index (Phi) is 5.20. The number of rotatable bonds is 4. The van der Waals surface area contributed by atoms with Gasteiger partial charge in [-0.15, -0.1) is 0 Å². The molecule has 2 rings (SSSR count). The van der Waals surface area contributed by atoms with Gasteiger partial charge >= 0.3 is 5.97 Å². The summed E-state index contributed by atoms with van der Waals surface area (Å²) < 4.78 is 4.97. The number of hydrogen-bond acceptors (Lipinski definition) is 5. The number of nitrogens with one attached hydrogen (secondary N) is 1. The van der Waals surface area contributed by atoms with Gasteiger partial charge in [0.05, 0.1) is 12.6 Å². The van der Waals surface area contributed by atoms with Crippen LogP contribution in [0.25, 0.3) is 0 Å². The third-order valence-electron chi connectivity index (χ3n) is 3.24. The summed E-state index contributed by atoms with van der Waals surface area (Å²) in [7, 11) is 0. The summed E-state index contributed by atoms with van der Waals surface area (Å²) >= 11 is 1.22. The van der Waals surface area contributed by atoms with Crippen molar-refractivity contribution in [3.63, 3.8) is 0 Å². The smallest absolute Gasteiger partial charge is 0.323 e. The zero-order valence-electron chi connectivity index (χ0n) is 11.7. The van der Waals surface area contributed by atoms with Gasteiger partial charge < -0.3 is 4.74 Å². The van der Waals surface area contributed by atoms with Crippen molar-refractivity contribution in [1.29, 1.82) is 0 Å². The fraction of sp³-hybridized carbons (Fsp3) is 0.467. The Labute approximate surface area is 123 Å². The number of hydrogen-bond donors (Lipinski definition) is 1. The van der Waals surface area contributed by atoms with Gasteiger partial charge in [-0.05, 0) is 38.8 Å². The second-order valence-electron chi connectivity index (χ2n) is 4.84. The molecule has 1 saturated heterocycles. The number of thioether (sulfide) groups is 1. The van der Waals surface area contributed by atoms with Gasteiger partial charge in [-0.2, -0.15) is 0 Å². The van der Waals surface area contributed by atoms with E-state index in [4.69, 9.17) is 4.74 Å². The van der Waals surface area contributed by atoms with Crippen LogP contribution < -0.4 is 5.32 Å². The van der Waals surface area contributed by atoms with Crippen LogP contribution in [-0.4, -0.2) is 29.8 Å². The van der Waals surface area contributed by atoms with Crippen LogP contribution in [0.1, 0.15) is 25.3 Å². The average Bonchev–Trinajstić information content (AvgIpc) is 2.91. The minimum absolute atomic E-state index is 0.0562. The van der Waals surface area contributed by atoms with Crippen LogP contribution >= 0.6 is 11.8 Å². The normalized spacial score (nSPS) is 21.7. The van der Waals surface area contributed by atoms with Crippen molar-refractivity contribution < 1.29 is 14.3 Å². The Bertz CT molecular complexity index is 486. The first-order valence-electron chi connectivity index (χ1n) is 6.81. The summed E-state index contributed by atoms with van der Waals surface area (Å²) in [6.07, 6.45) is 1.34. The Hall–Kier alpha value is -1.33. The molecular weight excluding hydrogens is 274 g/mol. The Morgan fingerprint density at radius 3 is 2.55 bits per heavy atom. The molecule has 20 heavy (non-hydrogen) atoms. The molecule has 0 bridgehead atoms. The van der Waals surface area contributed by atoms with Gasteiger partial charge in [0, 0.05) is 4.90 Å². The van der Waals surface area contributed by atoms with E-state index in [0.717, 1.165) is 4.90 Å². The largest absolute Gasteiger partial charge is 0.465 e. The number of esters is 1. The molecule has 1 aromatic rings. The molecule has 1 aliphatic heterocycles. The van der Waals surface area contributed by atoms with E-state index < -0.39 is 0 Å². The first-order chi connectivity index (χ1) is 9.60. The molecule has 0 amide bonds. The van der Waals surface area contributed by atoms with Crippen molar-refractivity contribution in [2.24, 2.45) is 0 Å². The van der Waals surface area contributed by atoms with E-state index in [9.17, 15) is 9.59 Å². The van der Waals surface area contributed by atoms with E-state index in [-0.39, 0.29) is 23.2 Å².